The third-order valence-electron chi connectivity index (χ3n) is 9.40. The van der Waals surface area contributed by atoms with Gasteiger partial charge in [0.05, 0.1) is 12.1 Å². The number of hydrogen-bond donors (Lipinski definition) is 0. The molecule has 2 aliphatic carbocycles. The van der Waals surface area contributed by atoms with Crippen LogP contribution < -0.4 is 9.47 Å². The summed E-state index contributed by atoms with van der Waals surface area (Å²) in [5.74, 6) is -0.184. The Labute approximate surface area is 276 Å². The van der Waals surface area contributed by atoms with Crippen LogP contribution >= 0.6 is 11.6 Å². The van der Waals surface area contributed by atoms with Gasteiger partial charge in [-0.25, -0.2) is 4.39 Å². The minimum Gasteiger partial charge on any atom is -0.493 e. The molecule has 46 heavy (non-hydrogen) atoms. The van der Waals surface area contributed by atoms with Gasteiger partial charge in [0.2, 0.25) is 0 Å². The zero-order valence-electron chi connectivity index (χ0n) is 27.2. The lowest BCUT2D eigenvalue weighted by molar-refractivity contribution is -0.119. The van der Waals surface area contributed by atoms with Gasteiger partial charge < -0.3 is 14.4 Å². The molecule has 0 saturated carbocycles. The molecular formula is C39H41ClFNO4. The number of methoxy groups -OCH3 is 1. The Hall–Kier alpha value is -3.90. The lowest BCUT2D eigenvalue weighted by Gasteiger charge is -2.49. The summed E-state index contributed by atoms with van der Waals surface area (Å²) in [7, 11) is 1.52. The molecule has 3 aromatic carbocycles. The second kappa shape index (κ2) is 12.4. The van der Waals surface area contributed by atoms with Crippen LogP contribution in [0.5, 0.6) is 11.5 Å². The first kappa shape index (κ1) is 32.1. The normalized spacial score (nSPS) is 19.2. The van der Waals surface area contributed by atoms with Crippen LogP contribution in [0.4, 0.5) is 4.39 Å². The fourth-order valence-electron chi connectivity index (χ4n) is 7.35. The highest BCUT2D eigenvalue weighted by Gasteiger charge is 2.49. The summed E-state index contributed by atoms with van der Waals surface area (Å²) in [6.45, 7) is 9.20. The van der Waals surface area contributed by atoms with E-state index in [1.54, 1.807) is 24.3 Å². The zero-order chi connectivity index (χ0) is 32.8. The summed E-state index contributed by atoms with van der Waals surface area (Å²) < 4.78 is 26.1. The SMILES string of the molecule is COc1cc(C2C3=C(CC(C)(C)CC3=O)N(CCc3ccccc3)C3=C2C(=O)CC(C)(C)C3)cc(Cl)c1OCc1ccccc1F. The average molecular weight is 642 g/mol. The molecule has 0 amide bonds. The van der Waals surface area contributed by atoms with Gasteiger partial charge in [-0.1, -0.05) is 87.8 Å². The van der Waals surface area contributed by atoms with Crippen LogP contribution in [0, 0.1) is 16.6 Å². The molecule has 3 aromatic rings. The monoisotopic (exact) mass is 641 g/mol. The van der Waals surface area contributed by atoms with Gasteiger partial charge in [0.1, 0.15) is 12.4 Å². The third-order valence-corrected chi connectivity index (χ3v) is 9.68. The highest BCUT2D eigenvalue weighted by molar-refractivity contribution is 6.32. The van der Waals surface area contributed by atoms with Gasteiger partial charge in [-0.05, 0) is 59.4 Å². The zero-order valence-corrected chi connectivity index (χ0v) is 28.0. The van der Waals surface area contributed by atoms with Crippen LogP contribution in [-0.4, -0.2) is 30.1 Å². The van der Waals surface area contributed by atoms with Crippen molar-refractivity contribution in [2.75, 3.05) is 13.7 Å². The van der Waals surface area contributed by atoms with Gasteiger partial charge in [0.25, 0.3) is 0 Å². The minimum absolute atomic E-state index is 0.0341. The molecule has 0 N–H and O–H groups in total. The first-order valence-corrected chi connectivity index (χ1v) is 16.3. The van der Waals surface area contributed by atoms with Crippen LogP contribution in [0.2, 0.25) is 5.02 Å². The van der Waals surface area contributed by atoms with E-state index in [1.165, 1.54) is 18.7 Å². The molecule has 6 rings (SSSR count). The number of hydrogen-bond acceptors (Lipinski definition) is 5. The fraction of sp³-hybridized carbons (Fsp3) is 0.385. The van der Waals surface area contributed by atoms with E-state index in [9.17, 15) is 14.0 Å². The van der Waals surface area contributed by atoms with Crippen molar-refractivity contribution >= 4 is 23.2 Å². The number of halogens is 2. The third kappa shape index (κ3) is 6.24. The number of ketones is 2. The molecule has 7 heteroatoms. The molecule has 240 valence electrons. The first-order chi connectivity index (χ1) is 21.9. The van der Waals surface area contributed by atoms with E-state index >= 15 is 0 Å². The van der Waals surface area contributed by atoms with E-state index in [0.717, 1.165) is 30.7 Å². The maximum Gasteiger partial charge on any atom is 0.180 e. The van der Waals surface area contributed by atoms with Crippen molar-refractivity contribution in [1.29, 1.82) is 0 Å². The predicted octanol–water partition coefficient (Wildman–Crippen LogP) is 9.00. The van der Waals surface area contributed by atoms with Gasteiger partial charge in [-0.15, -0.1) is 0 Å². The summed E-state index contributed by atoms with van der Waals surface area (Å²) in [6, 6.07) is 20.3. The van der Waals surface area contributed by atoms with Crippen LogP contribution in [0.15, 0.2) is 89.3 Å². The average Bonchev–Trinajstić information content (AvgIpc) is 2.99. The number of benzene rings is 3. The van der Waals surface area contributed by atoms with E-state index in [0.29, 0.717) is 47.4 Å². The van der Waals surface area contributed by atoms with E-state index in [1.807, 2.05) is 24.3 Å². The Morgan fingerprint density at radius 1 is 0.848 bits per heavy atom. The van der Waals surface area contributed by atoms with Crippen LogP contribution in [0.1, 0.15) is 76.0 Å². The summed E-state index contributed by atoms with van der Waals surface area (Å²) in [5, 5.41) is 0.272. The Kier molecular flexibility index (Phi) is 8.62. The van der Waals surface area contributed by atoms with E-state index in [4.69, 9.17) is 21.1 Å². The minimum atomic E-state index is -0.572. The summed E-state index contributed by atoms with van der Waals surface area (Å²) in [5.41, 5.74) is 5.22. The molecular weight excluding hydrogens is 601 g/mol. The van der Waals surface area contributed by atoms with Gasteiger partial charge >= 0.3 is 0 Å². The van der Waals surface area contributed by atoms with Gasteiger partial charge in [0, 0.05) is 53.4 Å². The second-order valence-corrected chi connectivity index (χ2v) is 14.7. The van der Waals surface area contributed by atoms with Crippen LogP contribution in [-0.2, 0) is 22.6 Å². The van der Waals surface area contributed by atoms with Crippen molar-refractivity contribution in [3.8, 4) is 11.5 Å². The Morgan fingerprint density at radius 3 is 2.02 bits per heavy atom. The van der Waals surface area contributed by atoms with Crippen molar-refractivity contribution in [2.24, 2.45) is 10.8 Å². The molecule has 0 aromatic heterocycles. The molecule has 1 heterocycles. The van der Waals surface area contributed by atoms with Crippen molar-refractivity contribution in [3.63, 3.8) is 0 Å². The highest BCUT2D eigenvalue weighted by Crippen LogP contribution is 2.55. The molecule has 1 aliphatic heterocycles. The molecule has 3 aliphatic rings. The molecule has 0 unspecified atom stereocenters. The number of carbonyl (C=O) groups is 2. The van der Waals surface area contributed by atoms with Crippen LogP contribution in [0.3, 0.4) is 0 Å². The van der Waals surface area contributed by atoms with Gasteiger partial charge in [0.15, 0.2) is 23.1 Å². The van der Waals surface area contributed by atoms with E-state index in [2.05, 4.69) is 44.7 Å². The van der Waals surface area contributed by atoms with Gasteiger partial charge in [-0.3, -0.25) is 9.59 Å². The summed E-state index contributed by atoms with van der Waals surface area (Å²) in [4.78, 5) is 30.7. The highest BCUT2D eigenvalue weighted by atomic mass is 35.5. The van der Waals surface area contributed by atoms with E-state index in [-0.39, 0.29) is 45.6 Å². The van der Waals surface area contributed by atoms with Crippen LogP contribution in [0.25, 0.3) is 0 Å². The number of allylic oxidation sites excluding steroid dienone is 4. The molecule has 0 spiro atoms. The standard InChI is InChI=1S/C39H41ClFNO4/c1-38(2)19-29-35(31(43)21-38)34(26-17-27(40)37(33(18-26)45-5)46-23-25-13-9-10-14-28(25)41)36-30(20-39(3,4)22-32(36)44)42(29)16-15-24-11-7-6-8-12-24/h6-14,17-18,34H,15-16,19-23H2,1-5H3. The number of rotatable bonds is 8. The smallest absolute Gasteiger partial charge is 0.180 e. The largest absolute Gasteiger partial charge is 0.493 e. The maximum atomic E-state index is 14.3. The summed E-state index contributed by atoms with van der Waals surface area (Å²) >= 11 is 6.89. The topological polar surface area (TPSA) is 55.8 Å². The predicted molar refractivity (Wildman–Crippen MR) is 178 cm³/mol. The Morgan fingerprint density at radius 2 is 1.43 bits per heavy atom. The molecule has 0 atom stereocenters. The van der Waals surface area contributed by atoms with Gasteiger partial charge in [-0.2, -0.15) is 0 Å². The number of Topliss-reactive ketones (excluding diaryl/α,β-unsaturated/α-hetero) is 2. The first-order valence-electron chi connectivity index (χ1n) is 15.9. The molecule has 0 saturated heterocycles. The molecule has 0 radical (unpaired) electrons. The second-order valence-electron chi connectivity index (χ2n) is 14.3. The van der Waals surface area contributed by atoms with Crippen molar-refractivity contribution in [3.05, 3.63) is 117 Å². The number of carbonyl (C=O) groups excluding carboxylic acids is 2. The van der Waals surface area contributed by atoms with E-state index < -0.39 is 5.92 Å². The number of nitrogens with zero attached hydrogens (tertiary/aromatic N) is 1. The number of ether oxygens (including phenoxy) is 2. The maximum absolute atomic E-state index is 14.3. The van der Waals surface area contributed by atoms with Crippen molar-refractivity contribution < 1.29 is 23.5 Å². The molecule has 5 nitrogen and oxygen atoms in total. The Bertz CT molecular complexity index is 1700. The van der Waals surface area contributed by atoms with Crippen molar-refractivity contribution in [1.82, 2.24) is 4.90 Å². The Balaban J connectivity index is 1.48. The molecule has 0 bridgehead atoms. The lowest BCUT2D eigenvalue weighted by Crippen LogP contribution is -2.45. The molecule has 0 fully saturated rings. The quantitative estimate of drug-likeness (QED) is 0.246. The fourth-order valence-corrected chi connectivity index (χ4v) is 7.62. The summed E-state index contributed by atoms with van der Waals surface area (Å²) in [6.07, 6.45) is 3.02. The lowest BCUT2D eigenvalue weighted by atomic mass is 9.63. The van der Waals surface area contributed by atoms with Crippen molar-refractivity contribution in [2.45, 2.75) is 72.3 Å².